The van der Waals surface area contributed by atoms with Crippen molar-refractivity contribution in [3.05, 3.63) is 12.3 Å². The lowest BCUT2D eigenvalue weighted by Crippen LogP contribution is -2.41. The molecule has 0 aromatic carbocycles. The average Bonchev–Trinajstić information content (AvgIpc) is 2.91. The Hall–Kier alpha value is -1.73. The summed E-state index contributed by atoms with van der Waals surface area (Å²) in [6, 6.07) is 0. The van der Waals surface area contributed by atoms with Crippen LogP contribution in [-0.2, 0) is 24.5 Å². The van der Waals surface area contributed by atoms with Crippen molar-refractivity contribution < 1.29 is 42.7 Å². The number of carbonyl (C=O) groups excluding carboxylic acids is 2. The van der Waals surface area contributed by atoms with Crippen LogP contribution in [0.5, 0.6) is 0 Å². The molecule has 1 amide bonds. The molecule has 174 valence electrons. The van der Waals surface area contributed by atoms with Gasteiger partial charge in [-0.3, -0.25) is 14.1 Å². The van der Waals surface area contributed by atoms with Gasteiger partial charge in [-0.05, 0) is 24.7 Å². The molecule has 2 unspecified atom stereocenters. The minimum absolute atomic E-state index is 0.104. The number of hydrogen-bond acceptors (Lipinski definition) is 9. The fourth-order valence-electron chi connectivity index (χ4n) is 3.57. The van der Waals surface area contributed by atoms with Crippen LogP contribution in [0, 0.1) is 5.41 Å². The summed E-state index contributed by atoms with van der Waals surface area (Å²) in [5.74, 6) is -1.79. The fraction of sp³-hybridized carbons (Fsp3) is 0.778. The first-order valence-electron chi connectivity index (χ1n) is 9.79. The maximum atomic E-state index is 12.0. The fourth-order valence-corrected chi connectivity index (χ4v) is 4.33. The molecule has 0 aromatic rings. The molecule has 0 spiro atoms. The highest BCUT2D eigenvalue weighted by Gasteiger charge is 2.34. The summed E-state index contributed by atoms with van der Waals surface area (Å²) in [4.78, 5) is 29.2. The molecule has 0 aliphatic heterocycles. The van der Waals surface area contributed by atoms with Gasteiger partial charge < -0.3 is 25.1 Å². The Morgan fingerprint density at radius 1 is 1.23 bits per heavy atom. The minimum atomic E-state index is -4.69. The number of hydroxylamine groups is 1. The molecule has 0 radical (unpaired) electrons. The van der Waals surface area contributed by atoms with Crippen LogP contribution >= 0.6 is 0 Å². The van der Waals surface area contributed by atoms with E-state index < -0.39 is 51.9 Å². The third-order valence-corrected chi connectivity index (χ3v) is 6.48. The summed E-state index contributed by atoms with van der Waals surface area (Å²) in [6.07, 6.45) is 4.84. The molecule has 1 aliphatic rings. The molecule has 12 heteroatoms. The third-order valence-electron chi connectivity index (χ3n) is 5.32. The topological polar surface area (TPSA) is 174 Å². The minimum Gasteiger partial charge on any atom is -0.515 e. The van der Waals surface area contributed by atoms with Crippen molar-refractivity contribution in [2.24, 2.45) is 5.41 Å². The van der Waals surface area contributed by atoms with E-state index in [1.54, 1.807) is 0 Å². The van der Waals surface area contributed by atoms with E-state index in [1.807, 2.05) is 0 Å². The second-order valence-electron chi connectivity index (χ2n) is 7.76. The number of nitrogens with one attached hydrogen (secondary N) is 1. The highest BCUT2D eigenvalue weighted by atomic mass is 32.2. The van der Waals surface area contributed by atoms with E-state index in [0.29, 0.717) is 6.26 Å². The molecular formula is C18H32N2O9S. The lowest BCUT2D eigenvalue weighted by molar-refractivity contribution is -0.162. The summed E-state index contributed by atoms with van der Waals surface area (Å²) >= 11 is 0. The first-order valence-corrected chi connectivity index (χ1v) is 11.3. The van der Waals surface area contributed by atoms with Gasteiger partial charge in [0.25, 0.3) is 10.1 Å². The van der Waals surface area contributed by atoms with Crippen molar-refractivity contribution in [1.29, 1.82) is 0 Å². The van der Waals surface area contributed by atoms with Gasteiger partial charge in [-0.2, -0.15) is 8.42 Å². The van der Waals surface area contributed by atoms with Crippen molar-refractivity contribution in [2.75, 3.05) is 20.2 Å². The van der Waals surface area contributed by atoms with Crippen molar-refractivity contribution >= 4 is 22.0 Å². The zero-order valence-electron chi connectivity index (χ0n) is 17.1. The van der Waals surface area contributed by atoms with E-state index in [-0.39, 0.29) is 13.0 Å². The molecule has 0 saturated heterocycles. The lowest BCUT2D eigenvalue weighted by atomic mass is 9.78. The van der Waals surface area contributed by atoms with Crippen LogP contribution < -0.4 is 5.48 Å². The van der Waals surface area contributed by atoms with Gasteiger partial charge in [0.15, 0.2) is 0 Å². The Kier molecular flexibility index (Phi) is 10.7. The zero-order valence-corrected chi connectivity index (χ0v) is 17.9. The molecule has 0 aromatic heterocycles. The summed E-state index contributed by atoms with van der Waals surface area (Å²) < 4.78 is 32.4. The van der Waals surface area contributed by atoms with Crippen LogP contribution in [0.1, 0.15) is 51.4 Å². The predicted octanol–water partition coefficient (Wildman–Crippen LogP) is 0.252. The number of carbonyl (C=O) groups is 2. The highest BCUT2D eigenvalue weighted by Crippen LogP contribution is 2.38. The summed E-state index contributed by atoms with van der Waals surface area (Å²) in [5.41, 5.74) is 1.68. The van der Waals surface area contributed by atoms with Gasteiger partial charge in [-0.1, -0.05) is 25.7 Å². The van der Waals surface area contributed by atoms with Crippen LogP contribution in [0.15, 0.2) is 12.3 Å². The van der Waals surface area contributed by atoms with Gasteiger partial charge in [0.2, 0.25) is 5.91 Å². The molecule has 1 rings (SSSR count). The second kappa shape index (κ2) is 12.2. The molecule has 5 N–H and O–H groups in total. The van der Waals surface area contributed by atoms with Crippen LogP contribution in [0.2, 0.25) is 0 Å². The maximum Gasteiger partial charge on any atom is 0.326 e. The summed E-state index contributed by atoms with van der Waals surface area (Å²) in [7, 11) is -3.46. The van der Waals surface area contributed by atoms with Gasteiger partial charge in [-0.15, -0.1) is 5.48 Å². The number of aliphatic hydroxyl groups is 3. The van der Waals surface area contributed by atoms with Crippen LogP contribution in [0.4, 0.5) is 0 Å². The Morgan fingerprint density at radius 3 is 2.33 bits per heavy atom. The molecular weight excluding hydrogens is 420 g/mol. The summed E-state index contributed by atoms with van der Waals surface area (Å²) in [6.45, 7) is -0.625. The average molecular weight is 453 g/mol. The number of nitrogens with zero attached hydrogens (tertiary/aromatic N) is 1. The number of rotatable bonds is 11. The SMILES string of the molecule is CN(CC(CC(=O)ONC(O)CC1(CO)CCCCCC1)S(=O)(=O)O)C(=O)/C=C\O. The van der Waals surface area contributed by atoms with Crippen molar-refractivity contribution in [3.63, 3.8) is 0 Å². The zero-order chi connectivity index (χ0) is 22.8. The number of amides is 1. The first-order chi connectivity index (χ1) is 14.0. The van der Waals surface area contributed by atoms with Crippen molar-refractivity contribution in [1.82, 2.24) is 10.4 Å². The molecule has 2 atom stereocenters. The van der Waals surface area contributed by atoms with E-state index in [2.05, 4.69) is 5.48 Å². The van der Waals surface area contributed by atoms with Crippen LogP contribution in [0.3, 0.4) is 0 Å². The van der Waals surface area contributed by atoms with Gasteiger partial charge in [0.1, 0.15) is 11.5 Å². The standard InChI is InChI=1S/C18H32N2O9S/c1-20(16(24)6-9-21)12-14(30(26,27)28)10-17(25)29-19-15(23)11-18(13-22)7-4-2-3-5-8-18/h6,9,14-15,19,21-23H,2-5,7-8,10-13H2,1H3,(H,26,27,28)/b9-6-. The molecule has 1 aliphatic carbocycles. The van der Waals surface area contributed by atoms with E-state index in [4.69, 9.17) is 9.94 Å². The lowest BCUT2D eigenvalue weighted by Gasteiger charge is -2.32. The van der Waals surface area contributed by atoms with E-state index in [1.165, 1.54) is 7.05 Å². The third kappa shape index (κ3) is 8.96. The van der Waals surface area contributed by atoms with Gasteiger partial charge in [0, 0.05) is 26.3 Å². The van der Waals surface area contributed by atoms with E-state index in [9.17, 15) is 32.8 Å². The molecule has 0 bridgehead atoms. The highest BCUT2D eigenvalue weighted by molar-refractivity contribution is 7.86. The van der Waals surface area contributed by atoms with Gasteiger partial charge in [0.05, 0.1) is 12.7 Å². The molecule has 11 nitrogen and oxygen atoms in total. The van der Waals surface area contributed by atoms with E-state index in [0.717, 1.165) is 49.5 Å². The monoisotopic (exact) mass is 452 g/mol. The maximum absolute atomic E-state index is 12.0. The van der Waals surface area contributed by atoms with Crippen molar-refractivity contribution in [3.8, 4) is 0 Å². The number of hydrogen-bond donors (Lipinski definition) is 5. The smallest absolute Gasteiger partial charge is 0.326 e. The second-order valence-corrected chi connectivity index (χ2v) is 9.46. The van der Waals surface area contributed by atoms with Crippen molar-refractivity contribution in [2.45, 2.75) is 62.8 Å². The predicted molar refractivity (Wildman–Crippen MR) is 106 cm³/mol. The molecule has 30 heavy (non-hydrogen) atoms. The largest absolute Gasteiger partial charge is 0.515 e. The van der Waals surface area contributed by atoms with Gasteiger partial charge >= 0.3 is 5.97 Å². The quantitative estimate of drug-likeness (QED) is 0.0730. The Labute approximate surface area is 176 Å². The Bertz CT molecular complexity index is 688. The number of aliphatic hydroxyl groups excluding tert-OH is 3. The van der Waals surface area contributed by atoms with Gasteiger partial charge in [-0.25, -0.2) is 0 Å². The Morgan fingerprint density at radius 2 is 1.83 bits per heavy atom. The summed E-state index contributed by atoms with van der Waals surface area (Å²) in [5, 5.41) is 26.9. The molecule has 0 heterocycles. The van der Waals surface area contributed by atoms with Crippen LogP contribution in [-0.4, -0.2) is 76.7 Å². The first kappa shape index (κ1) is 26.3. The molecule has 1 saturated carbocycles. The van der Waals surface area contributed by atoms with Crippen LogP contribution in [0.25, 0.3) is 0 Å². The Balaban J connectivity index is 2.61. The number of likely N-dealkylation sites (N-methyl/N-ethyl adjacent to an activating group) is 1. The normalized spacial score (nSPS) is 19.1. The van der Waals surface area contributed by atoms with E-state index >= 15 is 0 Å². The molecule has 1 fully saturated rings.